The van der Waals surface area contributed by atoms with Gasteiger partial charge in [0.05, 0.1) is 12.4 Å². The number of fused-ring (bicyclic) bond motifs is 1. The van der Waals surface area contributed by atoms with Crippen LogP contribution in [0.25, 0.3) is 11.2 Å². The fraction of sp³-hybridized carbons (Fsp3) is 0.478. The van der Waals surface area contributed by atoms with E-state index in [1.165, 1.54) is 23.4 Å². The molecule has 2 aliphatic heterocycles. The van der Waals surface area contributed by atoms with Crippen molar-refractivity contribution in [3.8, 4) is 0 Å². The molecule has 37 heavy (non-hydrogen) atoms. The molecule has 1 atom stereocenters. The van der Waals surface area contributed by atoms with Crippen LogP contribution in [-0.2, 0) is 22.3 Å². The molecule has 0 aliphatic carbocycles. The molecule has 5 heterocycles. The Kier molecular flexibility index (Phi) is 6.28. The highest BCUT2D eigenvalue weighted by Gasteiger charge is 2.53. The molecule has 0 radical (unpaired) electrons. The molecule has 0 bridgehead atoms. The third-order valence-electron chi connectivity index (χ3n) is 7.15. The number of hydrogen-bond acceptors (Lipinski definition) is 7. The van der Waals surface area contributed by atoms with Crippen molar-refractivity contribution in [2.24, 2.45) is 5.41 Å². The molecule has 0 saturated carbocycles. The van der Waals surface area contributed by atoms with Crippen LogP contribution in [0.1, 0.15) is 31.4 Å². The molecular weight excluding hydrogens is 501 g/mol. The Labute approximate surface area is 207 Å². The van der Waals surface area contributed by atoms with Crippen molar-refractivity contribution in [3.05, 3.63) is 36.4 Å². The first-order valence-corrected chi connectivity index (χ1v) is 11.6. The summed E-state index contributed by atoms with van der Waals surface area (Å²) in [5.41, 5.74) is -1.06. The van der Waals surface area contributed by atoms with E-state index in [-0.39, 0.29) is 30.1 Å². The maximum Gasteiger partial charge on any atom is 0.433 e. The lowest BCUT2D eigenvalue weighted by Crippen LogP contribution is -2.48. The number of anilines is 2. The minimum absolute atomic E-state index is 0.0198. The molecule has 1 unspecified atom stereocenters. The zero-order chi connectivity index (χ0) is 26.4. The summed E-state index contributed by atoms with van der Waals surface area (Å²) in [7, 11) is 0. The van der Waals surface area contributed by atoms with E-state index in [0.29, 0.717) is 43.6 Å². The van der Waals surface area contributed by atoms with Gasteiger partial charge in [0.25, 0.3) is 6.43 Å². The highest BCUT2D eigenvalue weighted by molar-refractivity contribution is 5.98. The zero-order valence-electron chi connectivity index (χ0n) is 19.4. The Bertz CT molecular complexity index is 1320. The number of aromatic nitrogens is 5. The molecule has 3 aromatic rings. The van der Waals surface area contributed by atoms with Gasteiger partial charge in [0.2, 0.25) is 5.91 Å². The second-order valence-electron chi connectivity index (χ2n) is 9.26. The standard InChI is InChI=1S/C23H22F5N7O2/c24-18(25)13-34-21-15(11-31-34)30-12-19(32-21)33-6-3-22(4-7-33)10-20(37)35(17(22)2-8-36)14-1-5-29-16(9-14)23(26,27)28/h1,5,8-9,11-12,17-18H,2-4,6-7,10,13H2. The van der Waals surface area contributed by atoms with Crippen LogP contribution in [0.5, 0.6) is 0 Å². The third-order valence-corrected chi connectivity index (χ3v) is 7.15. The summed E-state index contributed by atoms with van der Waals surface area (Å²) in [6.07, 6.45) is -1.68. The lowest BCUT2D eigenvalue weighted by atomic mass is 9.71. The van der Waals surface area contributed by atoms with Gasteiger partial charge in [-0.1, -0.05) is 0 Å². The SMILES string of the molecule is O=CCC1N(c2ccnc(C(F)(F)F)c2)C(=O)CC12CCN(c1cnc3cnn(CC(F)F)c3n1)CC2. The van der Waals surface area contributed by atoms with E-state index in [9.17, 15) is 31.5 Å². The number of aldehydes is 1. The van der Waals surface area contributed by atoms with E-state index in [4.69, 9.17) is 0 Å². The van der Waals surface area contributed by atoms with E-state index in [2.05, 4.69) is 20.1 Å². The van der Waals surface area contributed by atoms with E-state index < -0.39 is 36.3 Å². The van der Waals surface area contributed by atoms with E-state index in [1.807, 2.05) is 4.90 Å². The smallest absolute Gasteiger partial charge is 0.355 e. The first-order chi connectivity index (χ1) is 17.6. The van der Waals surface area contributed by atoms with Gasteiger partial charge in [-0.05, 0) is 25.0 Å². The predicted molar refractivity (Wildman–Crippen MR) is 121 cm³/mol. The number of carbonyl (C=O) groups is 2. The van der Waals surface area contributed by atoms with Crippen LogP contribution in [0.15, 0.2) is 30.7 Å². The van der Waals surface area contributed by atoms with Crippen LogP contribution in [0, 0.1) is 5.41 Å². The second-order valence-corrected chi connectivity index (χ2v) is 9.26. The highest BCUT2D eigenvalue weighted by Crippen LogP contribution is 2.49. The average molecular weight is 523 g/mol. The number of pyridine rings is 1. The van der Waals surface area contributed by atoms with Gasteiger partial charge in [-0.2, -0.15) is 18.3 Å². The van der Waals surface area contributed by atoms with Gasteiger partial charge >= 0.3 is 6.18 Å². The normalized spacial score (nSPS) is 19.9. The molecule has 1 spiro atoms. The molecular formula is C23H22F5N7O2. The molecule has 3 aromatic heterocycles. The molecule has 0 N–H and O–H groups in total. The quantitative estimate of drug-likeness (QED) is 0.361. The number of rotatable bonds is 6. The number of amides is 1. The van der Waals surface area contributed by atoms with Crippen LogP contribution in [0.2, 0.25) is 0 Å². The number of alkyl halides is 5. The largest absolute Gasteiger partial charge is 0.433 e. The van der Waals surface area contributed by atoms with Crippen molar-refractivity contribution < 1.29 is 31.5 Å². The van der Waals surface area contributed by atoms with Gasteiger partial charge < -0.3 is 14.6 Å². The summed E-state index contributed by atoms with van der Waals surface area (Å²) in [4.78, 5) is 40.0. The Morgan fingerprint density at radius 2 is 1.92 bits per heavy atom. The van der Waals surface area contributed by atoms with Gasteiger partial charge in [-0.15, -0.1) is 0 Å². The van der Waals surface area contributed by atoms with Crippen molar-refractivity contribution >= 4 is 34.9 Å². The fourth-order valence-electron chi connectivity index (χ4n) is 5.39. The number of halogens is 5. The summed E-state index contributed by atoms with van der Waals surface area (Å²) in [6.45, 7) is 0.259. The van der Waals surface area contributed by atoms with Crippen molar-refractivity contribution in [1.29, 1.82) is 0 Å². The maximum atomic E-state index is 13.2. The number of hydrogen-bond donors (Lipinski definition) is 0. The number of piperidine rings is 1. The molecule has 5 rings (SSSR count). The molecule has 2 saturated heterocycles. The highest BCUT2D eigenvalue weighted by atomic mass is 19.4. The summed E-state index contributed by atoms with van der Waals surface area (Å²) < 4.78 is 66.6. The number of nitrogens with zero attached hydrogens (tertiary/aromatic N) is 7. The summed E-state index contributed by atoms with van der Waals surface area (Å²) >= 11 is 0. The van der Waals surface area contributed by atoms with Gasteiger partial charge in [0, 0.05) is 49.3 Å². The van der Waals surface area contributed by atoms with Gasteiger partial charge in [-0.25, -0.2) is 23.4 Å². The van der Waals surface area contributed by atoms with Crippen LogP contribution in [0.3, 0.4) is 0 Å². The summed E-state index contributed by atoms with van der Waals surface area (Å²) in [5, 5.41) is 3.92. The fourth-order valence-corrected chi connectivity index (χ4v) is 5.39. The maximum absolute atomic E-state index is 13.2. The lowest BCUT2D eigenvalue weighted by molar-refractivity contribution is -0.141. The third kappa shape index (κ3) is 4.60. The Morgan fingerprint density at radius 3 is 2.59 bits per heavy atom. The molecule has 1 amide bonds. The molecule has 0 aromatic carbocycles. The molecule has 196 valence electrons. The van der Waals surface area contributed by atoms with Crippen molar-refractivity contribution in [2.45, 2.75) is 50.9 Å². The lowest BCUT2D eigenvalue weighted by Gasteiger charge is -2.43. The topological polar surface area (TPSA) is 97.1 Å². The zero-order valence-corrected chi connectivity index (χ0v) is 19.4. The van der Waals surface area contributed by atoms with Crippen LogP contribution >= 0.6 is 0 Å². The van der Waals surface area contributed by atoms with E-state index >= 15 is 0 Å². The molecule has 9 nitrogen and oxygen atoms in total. The average Bonchev–Trinajstić information content (AvgIpc) is 3.36. The Balaban J connectivity index is 1.39. The Morgan fingerprint density at radius 1 is 1.16 bits per heavy atom. The van der Waals surface area contributed by atoms with E-state index in [0.717, 1.165) is 16.9 Å². The van der Waals surface area contributed by atoms with E-state index in [1.54, 1.807) is 0 Å². The predicted octanol–water partition coefficient (Wildman–Crippen LogP) is 3.49. The van der Waals surface area contributed by atoms with Gasteiger partial charge in [0.1, 0.15) is 29.9 Å². The minimum atomic E-state index is -4.67. The first kappa shape index (κ1) is 25.0. The van der Waals surface area contributed by atoms with Crippen LogP contribution in [-0.4, -0.2) is 62.5 Å². The van der Waals surface area contributed by atoms with Crippen molar-refractivity contribution in [2.75, 3.05) is 22.9 Å². The summed E-state index contributed by atoms with van der Waals surface area (Å²) in [6, 6.07) is 1.56. The van der Waals surface area contributed by atoms with Gasteiger partial charge in [-0.3, -0.25) is 9.78 Å². The van der Waals surface area contributed by atoms with Crippen molar-refractivity contribution in [1.82, 2.24) is 24.7 Å². The van der Waals surface area contributed by atoms with Gasteiger partial charge in [0.15, 0.2) is 5.65 Å². The van der Waals surface area contributed by atoms with Crippen molar-refractivity contribution in [3.63, 3.8) is 0 Å². The monoisotopic (exact) mass is 523 g/mol. The molecule has 2 aliphatic rings. The Hall–Kier alpha value is -3.71. The summed E-state index contributed by atoms with van der Waals surface area (Å²) in [5.74, 6) is 0.118. The minimum Gasteiger partial charge on any atom is -0.355 e. The van der Waals surface area contributed by atoms with Crippen LogP contribution in [0.4, 0.5) is 33.5 Å². The first-order valence-electron chi connectivity index (χ1n) is 11.6. The second kappa shape index (κ2) is 9.30. The molecule has 14 heteroatoms. The molecule has 2 fully saturated rings. The number of carbonyl (C=O) groups excluding carboxylic acids is 2. The van der Waals surface area contributed by atoms with Crippen LogP contribution < -0.4 is 9.80 Å².